The fourth-order valence-electron chi connectivity index (χ4n) is 3.19. The predicted molar refractivity (Wildman–Crippen MR) is 106 cm³/mol. The van der Waals surface area contributed by atoms with E-state index in [0.717, 1.165) is 17.1 Å². The largest absolute Gasteiger partial charge is 0.497 e. The lowest BCUT2D eigenvalue weighted by molar-refractivity contribution is -0.135. The molecule has 4 rings (SSSR count). The van der Waals surface area contributed by atoms with Crippen molar-refractivity contribution in [1.29, 1.82) is 0 Å². The van der Waals surface area contributed by atoms with E-state index >= 15 is 0 Å². The minimum Gasteiger partial charge on any atom is -0.497 e. The first-order valence-electron chi connectivity index (χ1n) is 9.53. The normalized spacial score (nSPS) is 13.8. The molecule has 1 amide bonds. The second-order valence-electron chi connectivity index (χ2n) is 7.17. The molecule has 7 nitrogen and oxygen atoms in total. The molecule has 3 aromatic rings. The summed E-state index contributed by atoms with van der Waals surface area (Å²) in [7, 11) is 1.62. The van der Waals surface area contributed by atoms with Crippen molar-refractivity contribution in [3.63, 3.8) is 0 Å². The molecule has 0 atom stereocenters. The maximum atomic E-state index is 12.5. The molecule has 1 aromatic heterocycles. The minimum absolute atomic E-state index is 0.0842. The highest BCUT2D eigenvalue weighted by molar-refractivity contribution is 5.79. The van der Waals surface area contributed by atoms with Gasteiger partial charge in [0.05, 0.1) is 19.4 Å². The predicted octanol–water partition coefficient (Wildman–Crippen LogP) is 3.13. The molecule has 1 aliphatic rings. The first-order chi connectivity index (χ1) is 14.1. The number of carbonyl (C=O) groups excluding carboxylic acids is 1. The lowest BCUT2D eigenvalue weighted by Gasteiger charge is -2.37. The molecule has 7 heteroatoms. The molecule has 1 saturated heterocycles. The van der Waals surface area contributed by atoms with E-state index in [2.05, 4.69) is 10.1 Å². The summed E-state index contributed by atoms with van der Waals surface area (Å²) in [5.41, 5.74) is 2.11. The van der Waals surface area contributed by atoms with Crippen molar-refractivity contribution in [3.8, 4) is 11.5 Å². The third-order valence-electron chi connectivity index (χ3n) is 4.96. The van der Waals surface area contributed by atoms with Crippen LogP contribution in [0.3, 0.4) is 0 Å². The number of aryl methyl sites for hydroxylation is 1. The summed E-state index contributed by atoms with van der Waals surface area (Å²) in [4.78, 5) is 18.7. The zero-order valence-corrected chi connectivity index (χ0v) is 16.5. The Morgan fingerprint density at radius 3 is 2.72 bits per heavy atom. The highest BCUT2D eigenvalue weighted by atomic mass is 16.5. The van der Waals surface area contributed by atoms with Crippen LogP contribution in [-0.2, 0) is 17.8 Å². The molecule has 1 fully saturated rings. The number of carbonyl (C=O) groups is 1. The number of rotatable bonds is 7. The highest BCUT2D eigenvalue weighted by Crippen LogP contribution is 2.26. The first kappa shape index (κ1) is 19.0. The highest BCUT2D eigenvalue weighted by Gasteiger charge is 2.34. The Balaban J connectivity index is 1.26. The average Bonchev–Trinajstić information content (AvgIpc) is 3.15. The number of aromatic nitrogens is 2. The average molecular weight is 393 g/mol. The van der Waals surface area contributed by atoms with Gasteiger partial charge >= 0.3 is 0 Å². The van der Waals surface area contributed by atoms with E-state index in [1.54, 1.807) is 7.11 Å². The van der Waals surface area contributed by atoms with Gasteiger partial charge < -0.3 is 18.9 Å². The molecule has 2 aromatic carbocycles. The van der Waals surface area contributed by atoms with Crippen LogP contribution in [0.1, 0.15) is 28.8 Å². The Kier molecular flexibility index (Phi) is 5.46. The van der Waals surface area contributed by atoms with Gasteiger partial charge in [-0.15, -0.1) is 0 Å². The lowest BCUT2D eigenvalue weighted by Crippen LogP contribution is -2.49. The summed E-state index contributed by atoms with van der Waals surface area (Å²) >= 11 is 0. The van der Waals surface area contributed by atoms with Crippen LogP contribution in [0, 0.1) is 6.92 Å². The molecule has 0 aliphatic carbocycles. The van der Waals surface area contributed by atoms with E-state index < -0.39 is 0 Å². The number of likely N-dealkylation sites (tertiary alicyclic amines) is 1. The zero-order valence-electron chi connectivity index (χ0n) is 16.5. The van der Waals surface area contributed by atoms with Gasteiger partial charge in [-0.3, -0.25) is 4.79 Å². The Hall–Kier alpha value is -3.35. The van der Waals surface area contributed by atoms with E-state index in [1.807, 2.05) is 60.4 Å². The van der Waals surface area contributed by atoms with Gasteiger partial charge in [-0.25, -0.2) is 0 Å². The van der Waals surface area contributed by atoms with Crippen molar-refractivity contribution in [1.82, 2.24) is 15.0 Å². The number of nitrogens with zero attached hydrogens (tertiary/aromatic N) is 3. The Morgan fingerprint density at radius 1 is 1.17 bits per heavy atom. The van der Waals surface area contributed by atoms with Gasteiger partial charge in [0.15, 0.2) is 12.4 Å². The van der Waals surface area contributed by atoms with Crippen molar-refractivity contribution in [3.05, 3.63) is 71.4 Å². The maximum absolute atomic E-state index is 12.5. The number of hydrogen-bond acceptors (Lipinski definition) is 6. The molecule has 0 unspecified atom stereocenters. The van der Waals surface area contributed by atoms with Crippen LogP contribution in [-0.4, -0.2) is 41.1 Å². The zero-order chi connectivity index (χ0) is 20.2. The fourth-order valence-corrected chi connectivity index (χ4v) is 3.19. The third kappa shape index (κ3) is 4.56. The van der Waals surface area contributed by atoms with Crippen molar-refractivity contribution in [2.45, 2.75) is 25.9 Å². The summed E-state index contributed by atoms with van der Waals surface area (Å²) in [6.07, 6.45) is 0.353. The molecule has 0 N–H and O–H groups in total. The van der Waals surface area contributed by atoms with Crippen molar-refractivity contribution in [2.75, 3.05) is 20.2 Å². The molecule has 150 valence electrons. The van der Waals surface area contributed by atoms with Crippen LogP contribution >= 0.6 is 0 Å². The molecule has 0 radical (unpaired) electrons. The van der Waals surface area contributed by atoms with Crippen LogP contribution in [0.25, 0.3) is 0 Å². The van der Waals surface area contributed by atoms with Crippen LogP contribution in [0.5, 0.6) is 11.5 Å². The van der Waals surface area contributed by atoms with Gasteiger partial charge in [-0.05, 0) is 36.8 Å². The molecule has 0 saturated carbocycles. The van der Waals surface area contributed by atoms with Gasteiger partial charge in [0.1, 0.15) is 11.5 Å². The van der Waals surface area contributed by atoms with Crippen LogP contribution < -0.4 is 9.47 Å². The quantitative estimate of drug-likeness (QED) is 0.614. The molecule has 2 heterocycles. The Labute approximate surface area is 169 Å². The second-order valence-corrected chi connectivity index (χ2v) is 7.17. The van der Waals surface area contributed by atoms with E-state index in [9.17, 15) is 4.79 Å². The molecule has 1 aliphatic heterocycles. The molecule has 0 bridgehead atoms. The Morgan fingerprint density at radius 2 is 1.97 bits per heavy atom. The van der Waals surface area contributed by atoms with E-state index in [0.29, 0.717) is 31.2 Å². The monoisotopic (exact) mass is 393 g/mol. The van der Waals surface area contributed by atoms with Gasteiger partial charge in [0.25, 0.3) is 5.89 Å². The lowest BCUT2D eigenvalue weighted by atomic mass is 9.98. The number of benzene rings is 2. The third-order valence-corrected chi connectivity index (χ3v) is 4.96. The Bertz CT molecular complexity index is 978. The van der Waals surface area contributed by atoms with Gasteiger partial charge in [0, 0.05) is 13.1 Å². The van der Waals surface area contributed by atoms with Crippen LogP contribution in [0.15, 0.2) is 53.1 Å². The summed E-state index contributed by atoms with van der Waals surface area (Å²) < 4.78 is 16.2. The van der Waals surface area contributed by atoms with E-state index in [4.69, 9.17) is 14.0 Å². The van der Waals surface area contributed by atoms with Crippen molar-refractivity contribution >= 4 is 5.91 Å². The number of hydrogen-bond donors (Lipinski definition) is 0. The van der Waals surface area contributed by atoms with Crippen molar-refractivity contribution < 1.29 is 18.8 Å². The molecular weight excluding hydrogens is 370 g/mol. The topological polar surface area (TPSA) is 77.7 Å². The SMILES string of the molecule is COc1cccc(CC(=O)N2CC(c3noc(COc4ccc(C)cc4)n3)C2)c1. The number of amides is 1. The molecular formula is C22H23N3O4. The number of methoxy groups -OCH3 is 1. The molecule has 0 spiro atoms. The summed E-state index contributed by atoms with van der Waals surface area (Å²) in [6.45, 7) is 3.44. The fraction of sp³-hybridized carbons (Fsp3) is 0.318. The van der Waals surface area contributed by atoms with Gasteiger partial charge in [-0.1, -0.05) is 35.0 Å². The summed E-state index contributed by atoms with van der Waals surface area (Å²) in [6, 6.07) is 15.4. The van der Waals surface area contributed by atoms with Gasteiger partial charge in [0.2, 0.25) is 5.91 Å². The summed E-state index contributed by atoms with van der Waals surface area (Å²) in [5.74, 6) is 2.75. The smallest absolute Gasteiger partial charge is 0.264 e. The van der Waals surface area contributed by atoms with Crippen LogP contribution in [0.2, 0.25) is 0 Å². The maximum Gasteiger partial charge on any atom is 0.264 e. The minimum atomic E-state index is 0.0842. The van der Waals surface area contributed by atoms with Crippen molar-refractivity contribution in [2.24, 2.45) is 0 Å². The second kappa shape index (κ2) is 8.34. The van der Waals surface area contributed by atoms with Gasteiger partial charge in [-0.2, -0.15) is 4.98 Å². The number of ether oxygens (including phenoxy) is 2. The van der Waals surface area contributed by atoms with Crippen LogP contribution in [0.4, 0.5) is 0 Å². The first-order valence-corrected chi connectivity index (χ1v) is 9.53. The van der Waals surface area contributed by atoms with E-state index in [-0.39, 0.29) is 18.4 Å². The standard InChI is InChI=1S/C22H23N3O4/c1-15-6-8-18(9-7-15)28-14-20-23-22(24-29-20)17-12-25(13-17)21(26)11-16-4-3-5-19(10-16)27-2/h3-10,17H,11-14H2,1-2H3. The van der Waals surface area contributed by atoms with E-state index in [1.165, 1.54) is 5.56 Å². The molecule has 29 heavy (non-hydrogen) atoms. The summed E-state index contributed by atoms with van der Waals surface area (Å²) in [5, 5.41) is 4.04.